The second-order valence-electron chi connectivity index (χ2n) is 2.73. The predicted octanol–water partition coefficient (Wildman–Crippen LogP) is 2.26. The number of hydrogen-bond donors (Lipinski definition) is 3. The third kappa shape index (κ3) is 4.03. The lowest BCUT2D eigenvalue weighted by Crippen LogP contribution is -2.39. The second kappa shape index (κ2) is 6.08. The molecule has 0 saturated heterocycles. The summed E-state index contributed by atoms with van der Waals surface area (Å²) in [5.41, 5.74) is 6.07. The summed E-state index contributed by atoms with van der Waals surface area (Å²) in [6.07, 6.45) is 1.61. The number of carbonyl (C=O) groups excluding carboxylic acids is 1. The van der Waals surface area contributed by atoms with E-state index in [0.29, 0.717) is 6.54 Å². The van der Waals surface area contributed by atoms with Crippen molar-refractivity contribution in [1.82, 2.24) is 10.7 Å². The van der Waals surface area contributed by atoms with E-state index in [1.54, 1.807) is 6.08 Å². The van der Waals surface area contributed by atoms with E-state index in [1.165, 1.54) is 0 Å². The summed E-state index contributed by atoms with van der Waals surface area (Å²) in [5.74, 6) is 0. The highest BCUT2D eigenvalue weighted by Gasteiger charge is 1.99. The van der Waals surface area contributed by atoms with E-state index < -0.39 is 0 Å². The maximum absolute atomic E-state index is 11.1. The maximum atomic E-state index is 11.1. The summed E-state index contributed by atoms with van der Waals surface area (Å²) in [7, 11) is 0. The molecule has 0 aliphatic carbocycles. The number of hydrazine groups is 1. The summed E-state index contributed by atoms with van der Waals surface area (Å²) in [6.45, 7) is 3.93. The van der Waals surface area contributed by atoms with Gasteiger partial charge in [-0.05, 0) is 28.1 Å². The molecule has 1 aromatic rings. The molecule has 0 saturated carbocycles. The van der Waals surface area contributed by atoms with Gasteiger partial charge in [-0.1, -0.05) is 18.2 Å². The van der Waals surface area contributed by atoms with Crippen LogP contribution in [0.25, 0.3) is 0 Å². The average molecular weight is 270 g/mol. The van der Waals surface area contributed by atoms with Gasteiger partial charge in [0.2, 0.25) is 0 Å². The van der Waals surface area contributed by atoms with Crippen molar-refractivity contribution in [3.63, 3.8) is 0 Å². The number of para-hydroxylation sites is 1. The highest BCUT2D eigenvalue weighted by Crippen LogP contribution is 2.19. The number of nitrogens with one attached hydrogen (secondary N) is 3. The van der Waals surface area contributed by atoms with E-state index in [-0.39, 0.29) is 6.03 Å². The Morgan fingerprint density at radius 2 is 2.20 bits per heavy atom. The molecule has 2 amide bonds. The number of amides is 2. The van der Waals surface area contributed by atoms with Crippen molar-refractivity contribution >= 4 is 27.6 Å². The third-order valence-electron chi connectivity index (χ3n) is 1.59. The molecule has 0 heterocycles. The van der Waals surface area contributed by atoms with Crippen molar-refractivity contribution in [3.05, 3.63) is 41.4 Å². The molecule has 0 bridgehead atoms. The number of anilines is 1. The van der Waals surface area contributed by atoms with Crippen LogP contribution >= 0.6 is 15.9 Å². The average Bonchev–Trinajstić information content (AvgIpc) is 2.25. The van der Waals surface area contributed by atoms with E-state index in [9.17, 15) is 4.79 Å². The number of carbonyl (C=O) groups is 1. The minimum absolute atomic E-state index is 0.300. The summed E-state index contributed by atoms with van der Waals surface area (Å²) in [5, 5.41) is 2.58. The first-order valence-electron chi connectivity index (χ1n) is 4.39. The first-order chi connectivity index (χ1) is 7.24. The minimum atomic E-state index is -0.300. The van der Waals surface area contributed by atoms with Gasteiger partial charge in [0.25, 0.3) is 0 Å². The molecule has 0 unspecified atom stereocenters. The first-order valence-corrected chi connectivity index (χ1v) is 5.18. The summed E-state index contributed by atoms with van der Waals surface area (Å²) in [4.78, 5) is 11.1. The quantitative estimate of drug-likeness (QED) is 0.580. The molecule has 0 radical (unpaired) electrons. The lowest BCUT2D eigenvalue weighted by atomic mass is 10.3. The standard InChI is InChI=1S/C10H12BrN3O/c1-2-7-12-10(15)14-13-9-6-4-3-5-8(9)11/h2-6,13H,1,7H2,(H2,12,14,15). The Kier molecular flexibility index (Phi) is 4.70. The third-order valence-corrected chi connectivity index (χ3v) is 2.28. The van der Waals surface area contributed by atoms with Gasteiger partial charge in [0.15, 0.2) is 0 Å². The van der Waals surface area contributed by atoms with Crippen molar-refractivity contribution in [2.75, 3.05) is 12.0 Å². The lowest BCUT2D eigenvalue weighted by molar-refractivity contribution is 0.244. The number of hydrogen-bond acceptors (Lipinski definition) is 2. The molecule has 1 aromatic carbocycles. The molecule has 0 aliphatic heterocycles. The minimum Gasteiger partial charge on any atom is -0.333 e. The molecule has 1 rings (SSSR count). The molecule has 0 fully saturated rings. The van der Waals surface area contributed by atoms with Gasteiger partial charge in [-0.3, -0.25) is 10.9 Å². The van der Waals surface area contributed by atoms with E-state index in [4.69, 9.17) is 0 Å². The van der Waals surface area contributed by atoms with Gasteiger partial charge in [-0.2, -0.15) is 0 Å². The molecule has 80 valence electrons. The van der Waals surface area contributed by atoms with Gasteiger partial charge >= 0.3 is 6.03 Å². The van der Waals surface area contributed by atoms with Crippen LogP contribution in [0.4, 0.5) is 10.5 Å². The number of urea groups is 1. The summed E-state index contributed by atoms with van der Waals surface area (Å²) >= 11 is 3.35. The molecular formula is C10H12BrN3O. The van der Waals surface area contributed by atoms with Crippen LogP contribution in [0.15, 0.2) is 41.4 Å². The Morgan fingerprint density at radius 1 is 1.47 bits per heavy atom. The van der Waals surface area contributed by atoms with Crippen LogP contribution in [0, 0.1) is 0 Å². The molecule has 0 spiro atoms. The highest BCUT2D eigenvalue weighted by molar-refractivity contribution is 9.10. The summed E-state index contributed by atoms with van der Waals surface area (Å²) < 4.78 is 0.883. The lowest BCUT2D eigenvalue weighted by Gasteiger charge is -2.09. The van der Waals surface area contributed by atoms with Crippen molar-refractivity contribution in [1.29, 1.82) is 0 Å². The van der Waals surface area contributed by atoms with Crippen LogP contribution in [-0.4, -0.2) is 12.6 Å². The Balaban J connectivity index is 2.40. The number of rotatable bonds is 4. The number of halogens is 1. The SMILES string of the molecule is C=CCNC(=O)NNc1ccccc1Br. The van der Waals surface area contributed by atoms with Crippen molar-refractivity contribution in [3.8, 4) is 0 Å². The van der Waals surface area contributed by atoms with E-state index in [1.807, 2.05) is 24.3 Å². The van der Waals surface area contributed by atoms with Gasteiger partial charge in [0.05, 0.1) is 5.69 Å². The Bertz CT molecular complexity index is 354. The fourth-order valence-corrected chi connectivity index (χ4v) is 1.28. The fraction of sp³-hybridized carbons (Fsp3) is 0.100. The fourth-order valence-electron chi connectivity index (χ4n) is 0.896. The molecule has 3 N–H and O–H groups in total. The zero-order valence-corrected chi connectivity index (χ0v) is 9.67. The van der Waals surface area contributed by atoms with Crippen LogP contribution in [0.3, 0.4) is 0 Å². The molecule has 0 aliphatic rings. The van der Waals surface area contributed by atoms with Crippen molar-refractivity contribution in [2.45, 2.75) is 0 Å². The van der Waals surface area contributed by atoms with Gasteiger partial charge in [-0.25, -0.2) is 4.79 Å². The smallest absolute Gasteiger partial charge is 0.333 e. The van der Waals surface area contributed by atoms with E-state index in [2.05, 4.69) is 38.7 Å². The number of benzene rings is 1. The highest BCUT2D eigenvalue weighted by atomic mass is 79.9. The predicted molar refractivity (Wildman–Crippen MR) is 64.5 cm³/mol. The van der Waals surface area contributed by atoms with E-state index >= 15 is 0 Å². The first kappa shape index (κ1) is 11.6. The maximum Gasteiger partial charge on any atom is 0.333 e. The van der Waals surface area contributed by atoms with Crippen LogP contribution in [0.2, 0.25) is 0 Å². The zero-order valence-electron chi connectivity index (χ0n) is 8.09. The van der Waals surface area contributed by atoms with Crippen molar-refractivity contribution in [2.24, 2.45) is 0 Å². The van der Waals surface area contributed by atoms with Crippen LogP contribution < -0.4 is 16.2 Å². The largest absolute Gasteiger partial charge is 0.333 e. The Labute approximate surface area is 96.9 Å². The Hall–Kier alpha value is -1.49. The normalized spacial score (nSPS) is 9.13. The molecule has 4 nitrogen and oxygen atoms in total. The molecule has 0 aromatic heterocycles. The van der Waals surface area contributed by atoms with Gasteiger partial charge in [0.1, 0.15) is 0 Å². The van der Waals surface area contributed by atoms with Gasteiger partial charge in [-0.15, -0.1) is 6.58 Å². The van der Waals surface area contributed by atoms with Gasteiger partial charge < -0.3 is 5.32 Å². The van der Waals surface area contributed by atoms with Crippen LogP contribution in [-0.2, 0) is 0 Å². The molecule has 15 heavy (non-hydrogen) atoms. The van der Waals surface area contributed by atoms with Crippen LogP contribution in [0.5, 0.6) is 0 Å². The summed E-state index contributed by atoms with van der Waals surface area (Å²) in [6, 6.07) is 7.19. The second-order valence-corrected chi connectivity index (χ2v) is 3.58. The monoisotopic (exact) mass is 269 g/mol. The zero-order chi connectivity index (χ0) is 11.1. The topological polar surface area (TPSA) is 53.2 Å². The molecule has 0 atom stereocenters. The molecule has 5 heteroatoms. The Morgan fingerprint density at radius 3 is 2.87 bits per heavy atom. The van der Waals surface area contributed by atoms with Crippen molar-refractivity contribution < 1.29 is 4.79 Å². The van der Waals surface area contributed by atoms with Crippen LogP contribution in [0.1, 0.15) is 0 Å². The molecular weight excluding hydrogens is 258 g/mol. The van der Waals surface area contributed by atoms with E-state index in [0.717, 1.165) is 10.2 Å². The van der Waals surface area contributed by atoms with Gasteiger partial charge in [0, 0.05) is 11.0 Å².